The van der Waals surface area contributed by atoms with Crippen molar-refractivity contribution in [3.63, 3.8) is 0 Å². The second-order valence-electron chi connectivity index (χ2n) is 10.2. The Hall–Kier alpha value is -2.93. The number of piperidine rings is 1. The maximum absolute atomic E-state index is 13.1. The van der Waals surface area contributed by atoms with Crippen molar-refractivity contribution in [2.75, 3.05) is 38.4 Å². The van der Waals surface area contributed by atoms with Crippen LogP contribution in [0, 0.1) is 0 Å². The van der Waals surface area contributed by atoms with E-state index < -0.39 is 38.0 Å². The summed E-state index contributed by atoms with van der Waals surface area (Å²) in [5.41, 5.74) is 0.430. The van der Waals surface area contributed by atoms with Gasteiger partial charge in [0.05, 0.1) is 43.2 Å². The Morgan fingerprint density at radius 3 is 2.39 bits per heavy atom. The molecule has 12 heteroatoms. The van der Waals surface area contributed by atoms with Crippen LogP contribution < -0.4 is 10.6 Å². The molecular weight excluding hydrogens is 510 g/mol. The summed E-state index contributed by atoms with van der Waals surface area (Å²) in [6.07, 6.45) is 2.61. The zero-order valence-electron chi connectivity index (χ0n) is 22.3. The molecule has 2 aliphatic heterocycles. The first-order chi connectivity index (χ1) is 18.1. The molecule has 0 saturated carbocycles. The topological polar surface area (TPSA) is 140 Å². The molecule has 1 aromatic carbocycles. The third-order valence-corrected chi connectivity index (χ3v) is 7.14. The molecule has 2 heterocycles. The van der Waals surface area contributed by atoms with Crippen LogP contribution in [0.5, 0.6) is 0 Å². The number of fused-ring (bicyclic) bond motifs is 1. The van der Waals surface area contributed by atoms with E-state index in [1.807, 2.05) is 0 Å². The van der Waals surface area contributed by atoms with E-state index in [1.165, 1.54) is 6.07 Å². The second kappa shape index (κ2) is 13.7. The fraction of sp³-hybridized carbons (Fsp3) is 0.577. The highest BCUT2D eigenvalue weighted by atomic mass is 28.4. The molecule has 0 aliphatic carbocycles. The van der Waals surface area contributed by atoms with E-state index in [9.17, 15) is 24.0 Å². The first kappa shape index (κ1) is 29.6. The van der Waals surface area contributed by atoms with Gasteiger partial charge in [-0.2, -0.15) is 0 Å². The highest BCUT2D eigenvalue weighted by Crippen LogP contribution is 2.32. The molecule has 0 bridgehead atoms. The molecule has 1 atom stereocenters. The smallest absolute Gasteiger partial charge is 0.264 e. The van der Waals surface area contributed by atoms with Crippen LogP contribution in [0.1, 0.15) is 59.2 Å². The van der Waals surface area contributed by atoms with Crippen LogP contribution in [0.4, 0.5) is 5.69 Å². The molecule has 1 unspecified atom stereocenters. The standard InChI is InChI=1S/C26H37N3O8Si/c1-38(2,3)37-17-16-36-15-14-35-13-6-4-5-10-21(30)27-19-9-7-8-18-23(19)26(34)29(25(18)33)20-11-12-22(31)28-24(20)32/h7-9,20H,4-6,10-17H2,1-3H3,(H,27,30)(H,28,31,32). The van der Waals surface area contributed by atoms with Crippen LogP contribution >= 0.6 is 0 Å². The summed E-state index contributed by atoms with van der Waals surface area (Å²) in [7, 11) is -1.50. The average molecular weight is 548 g/mol. The lowest BCUT2D eigenvalue weighted by molar-refractivity contribution is -0.136. The summed E-state index contributed by atoms with van der Waals surface area (Å²) in [5.74, 6) is -2.64. The molecule has 1 aromatic rings. The van der Waals surface area contributed by atoms with Gasteiger partial charge in [0.2, 0.25) is 17.7 Å². The molecule has 3 rings (SSSR count). The van der Waals surface area contributed by atoms with Crippen LogP contribution in [0.15, 0.2) is 18.2 Å². The molecule has 0 spiro atoms. The van der Waals surface area contributed by atoms with Crippen molar-refractivity contribution in [3.8, 4) is 0 Å². The van der Waals surface area contributed by atoms with Crippen LogP contribution in [-0.2, 0) is 28.3 Å². The van der Waals surface area contributed by atoms with Crippen LogP contribution in [0.2, 0.25) is 19.6 Å². The number of nitrogens with zero attached hydrogens (tertiary/aromatic N) is 1. The minimum Gasteiger partial charge on any atom is -0.415 e. The number of ether oxygens (including phenoxy) is 2. The Kier molecular flexibility index (Phi) is 10.7. The zero-order chi connectivity index (χ0) is 27.7. The molecule has 1 saturated heterocycles. The van der Waals surface area contributed by atoms with Gasteiger partial charge in [-0.15, -0.1) is 0 Å². The number of imide groups is 2. The minimum atomic E-state index is -1.50. The maximum Gasteiger partial charge on any atom is 0.264 e. The van der Waals surface area contributed by atoms with Gasteiger partial charge in [0.1, 0.15) is 6.04 Å². The number of hydrogen-bond acceptors (Lipinski definition) is 8. The fourth-order valence-electron chi connectivity index (χ4n) is 4.23. The highest BCUT2D eigenvalue weighted by molar-refractivity contribution is 6.69. The number of anilines is 1. The monoisotopic (exact) mass is 547 g/mol. The Morgan fingerprint density at radius 1 is 0.974 bits per heavy atom. The summed E-state index contributed by atoms with van der Waals surface area (Å²) in [4.78, 5) is 63.1. The molecule has 1 fully saturated rings. The second-order valence-corrected chi connectivity index (χ2v) is 14.7. The third kappa shape index (κ3) is 8.28. The van der Waals surface area contributed by atoms with E-state index in [2.05, 4.69) is 30.3 Å². The summed E-state index contributed by atoms with van der Waals surface area (Å²) in [6, 6.07) is 3.57. The summed E-state index contributed by atoms with van der Waals surface area (Å²) in [6.45, 7) is 9.17. The maximum atomic E-state index is 13.1. The van der Waals surface area contributed by atoms with E-state index in [1.54, 1.807) is 12.1 Å². The van der Waals surface area contributed by atoms with Gasteiger partial charge in [-0.3, -0.25) is 34.2 Å². The van der Waals surface area contributed by atoms with Crippen molar-refractivity contribution >= 4 is 43.5 Å². The molecule has 208 valence electrons. The van der Waals surface area contributed by atoms with Gasteiger partial charge < -0.3 is 19.2 Å². The number of amides is 5. The molecular formula is C26H37N3O8Si. The SMILES string of the molecule is C[Si](C)(C)OCCOCCOCCCCCC(=O)Nc1cccc2c1C(=O)N(C1CCC(=O)NC1=O)C2=O. The molecule has 38 heavy (non-hydrogen) atoms. The molecule has 0 aromatic heterocycles. The number of carbonyl (C=O) groups is 5. The third-order valence-electron chi connectivity index (χ3n) is 6.07. The van der Waals surface area contributed by atoms with Crippen molar-refractivity contribution in [1.29, 1.82) is 0 Å². The average Bonchev–Trinajstić information content (AvgIpc) is 3.10. The normalized spacial score (nSPS) is 17.6. The van der Waals surface area contributed by atoms with Gasteiger partial charge in [0.25, 0.3) is 11.8 Å². The molecule has 0 radical (unpaired) electrons. The number of nitrogens with one attached hydrogen (secondary N) is 2. The van der Waals surface area contributed by atoms with Crippen molar-refractivity contribution in [2.45, 2.75) is 64.2 Å². The van der Waals surface area contributed by atoms with Crippen molar-refractivity contribution in [1.82, 2.24) is 10.2 Å². The summed E-state index contributed by atoms with van der Waals surface area (Å²) in [5, 5.41) is 4.90. The van der Waals surface area contributed by atoms with Gasteiger partial charge in [0.15, 0.2) is 8.32 Å². The van der Waals surface area contributed by atoms with E-state index in [0.29, 0.717) is 39.5 Å². The van der Waals surface area contributed by atoms with E-state index in [0.717, 1.165) is 17.7 Å². The molecule has 2 aliphatic rings. The lowest BCUT2D eigenvalue weighted by atomic mass is 10.0. The van der Waals surface area contributed by atoms with Gasteiger partial charge in [-0.1, -0.05) is 12.5 Å². The predicted octanol–water partition coefficient (Wildman–Crippen LogP) is 2.47. The number of hydrogen-bond donors (Lipinski definition) is 2. The Labute approximate surface area is 223 Å². The molecule has 2 N–H and O–H groups in total. The van der Waals surface area contributed by atoms with Gasteiger partial charge in [-0.05, 0) is 51.0 Å². The van der Waals surface area contributed by atoms with Crippen molar-refractivity contribution in [3.05, 3.63) is 29.3 Å². The minimum absolute atomic E-state index is 0.0421. The molecule has 11 nitrogen and oxygen atoms in total. The predicted molar refractivity (Wildman–Crippen MR) is 141 cm³/mol. The van der Waals surface area contributed by atoms with E-state index >= 15 is 0 Å². The van der Waals surface area contributed by atoms with Crippen LogP contribution in [0.3, 0.4) is 0 Å². The van der Waals surface area contributed by atoms with E-state index in [4.69, 9.17) is 13.9 Å². The first-order valence-electron chi connectivity index (χ1n) is 13.0. The van der Waals surface area contributed by atoms with Crippen molar-refractivity contribution < 1.29 is 37.9 Å². The molecule has 5 amide bonds. The van der Waals surface area contributed by atoms with Crippen LogP contribution in [-0.4, -0.2) is 81.8 Å². The Bertz CT molecular complexity index is 1060. The van der Waals surface area contributed by atoms with Gasteiger partial charge >= 0.3 is 0 Å². The first-order valence-corrected chi connectivity index (χ1v) is 16.4. The van der Waals surface area contributed by atoms with Gasteiger partial charge in [0, 0.05) is 19.4 Å². The quantitative estimate of drug-likeness (QED) is 0.194. The fourth-order valence-corrected chi connectivity index (χ4v) is 4.92. The lowest BCUT2D eigenvalue weighted by Gasteiger charge is -2.27. The van der Waals surface area contributed by atoms with E-state index in [-0.39, 0.29) is 42.0 Å². The number of benzene rings is 1. The lowest BCUT2D eigenvalue weighted by Crippen LogP contribution is -2.54. The number of unbranched alkanes of at least 4 members (excludes halogenated alkanes) is 2. The number of rotatable bonds is 15. The Morgan fingerprint density at radius 2 is 1.68 bits per heavy atom. The summed E-state index contributed by atoms with van der Waals surface area (Å²) >= 11 is 0. The van der Waals surface area contributed by atoms with Crippen molar-refractivity contribution in [2.24, 2.45) is 0 Å². The largest absolute Gasteiger partial charge is 0.415 e. The number of carbonyl (C=O) groups excluding carboxylic acids is 5. The summed E-state index contributed by atoms with van der Waals surface area (Å²) < 4.78 is 16.7. The van der Waals surface area contributed by atoms with Crippen LogP contribution in [0.25, 0.3) is 0 Å². The highest BCUT2D eigenvalue weighted by Gasteiger charge is 2.45. The zero-order valence-corrected chi connectivity index (χ0v) is 23.3. The van der Waals surface area contributed by atoms with Gasteiger partial charge in [-0.25, -0.2) is 0 Å². The Balaban J connectivity index is 1.36.